The van der Waals surface area contributed by atoms with Gasteiger partial charge in [-0.3, -0.25) is 0 Å². The monoisotopic (exact) mass is 382 g/mol. The Morgan fingerprint density at radius 3 is 1.41 bits per heavy atom. The zero-order valence-corrected chi connectivity index (χ0v) is 17.6. The van der Waals surface area contributed by atoms with Gasteiger partial charge in [-0.25, -0.2) is 19.4 Å². The highest BCUT2D eigenvalue weighted by molar-refractivity contribution is 5.72. The topological polar surface area (TPSA) is 52.6 Å². The summed E-state index contributed by atoms with van der Waals surface area (Å²) in [6, 6.07) is 0. The molecular weight excluding hydrogens is 340 g/mol. The molecule has 0 saturated carbocycles. The number of carbonyl (C=O) groups excluding carboxylic acids is 2. The van der Waals surface area contributed by atoms with Crippen LogP contribution in [0, 0.1) is 0 Å². The van der Waals surface area contributed by atoms with E-state index in [-0.39, 0.29) is 0 Å². The highest BCUT2D eigenvalue weighted by atomic mass is 17.2. The molecule has 4 nitrogen and oxygen atoms in total. The van der Waals surface area contributed by atoms with Gasteiger partial charge in [0.2, 0.25) is 0 Å². The predicted octanol–water partition coefficient (Wildman–Crippen LogP) is 7.22. The Balaban J connectivity index is 3.33. The van der Waals surface area contributed by atoms with E-state index in [1.807, 2.05) is 6.08 Å². The second-order valence-corrected chi connectivity index (χ2v) is 7.44. The van der Waals surface area contributed by atoms with Crippen LogP contribution in [0.5, 0.6) is 0 Å². The molecule has 0 rings (SSSR count). The smallest absolute Gasteiger partial charge is 0.247 e. The molecule has 0 aromatic rings. The fraction of sp³-hybridized carbons (Fsp3) is 0.826. The van der Waals surface area contributed by atoms with E-state index in [2.05, 4.69) is 23.3 Å². The molecule has 0 heterocycles. The Kier molecular flexibility index (Phi) is 20.0. The first-order valence-corrected chi connectivity index (χ1v) is 11.2. The molecule has 27 heavy (non-hydrogen) atoms. The van der Waals surface area contributed by atoms with Gasteiger partial charge >= 0.3 is 11.9 Å². The molecule has 0 bridgehead atoms. The number of rotatable bonds is 19. The Bertz CT molecular complexity index is 365. The zero-order valence-electron chi connectivity index (χ0n) is 17.6. The molecule has 0 amide bonds. The summed E-state index contributed by atoms with van der Waals surface area (Å²) in [7, 11) is 0. The average molecular weight is 383 g/mol. The maximum absolute atomic E-state index is 11.5. The summed E-state index contributed by atoms with van der Waals surface area (Å²) in [4.78, 5) is 32.3. The SMILES string of the molecule is C=CCCCCCCCCC(=O)OOC(=O)CCCCCCCCCCC. The van der Waals surface area contributed by atoms with Crippen LogP contribution in [0.15, 0.2) is 12.7 Å². The third kappa shape index (κ3) is 20.8. The van der Waals surface area contributed by atoms with Gasteiger partial charge in [-0.05, 0) is 25.7 Å². The van der Waals surface area contributed by atoms with Gasteiger partial charge in [0, 0.05) is 0 Å². The highest BCUT2D eigenvalue weighted by Gasteiger charge is 2.09. The van der Waals surface area contributed by atoms with Crippen molar-refractivity contribution < 1.29 is 19.4 Å². The fourth-order valence-corrected chi connectivity index (χ4v) is 3.02. The van der Waals surface area contributed by atoms with Crippen molar-refractivity contribution >= 4 is 11.9 Å². The van der Waals surface area contributed by atoms with Crippen molar-refractivity contribution in [2.75, 3.05) is 0 Å². The minimum atomic E-state index is -0.443. The largest absolute Gasteiger partial charge is 0.355 e. The van der Waals surface area contributed by atoms with Crippen LogP contribution in [0.3, 0.4) is 0 Å². The van der Waals surface area contributed by atoms with E-state index in [4.69, 9.17) is 0 Å². The van der Waals surface area contributed by atoms with Gasteiger partial charge < -0.3 is 0 Å². The molecule has 0 fully saturated rings. The highest BCUT2D eigenvalue weighted by Crippen LogP contribution is 2.11. The molecule has 0 aromatic carbocycles. The molecule has 0 saturated heterocycles. The maximum atomic E-state index is 11.5. The van der Waals surface area contributed by atoms with E-state index in [0.29, 0.717) is 12.8 Å². The third-order valence-corrected chi connectivity index (χ3v) is 4.75. The molecular formula is C23H42O4. The molecule has 0 N–H and O–H groups in total. The number of hydrogen-bond acceptors (Lipinski definition) is 4. The van der Waals surface area contributed by atoms with Crippen LogP contribution < -0.4 is 0 Å². The predicted molar refractivity (Wildman–Crippen MR) is 111 cm³/mol. The first kappa shape index (κ1) is 25.7. The van der Waals surface area contributed by atoms with Crippen LogP contribution >= 0.6 is 0 Å². The van der Waals surface area contributed by atoms with Crippen LogP contribution in [-0.4, -0.2) is 11.9 Å². The average Bonchev–Trinajstić information content (AvgIpc) is 2.67. The van der Waals surface area contributed by atoms with Crippen LogP contribution in [0.4, 0.5) is 0 Å². The lowest BCUT2D eigenvalue weighted by Crippen LogP contribution is -2.11. The van der Waals surface area contributed by atoms with Crippen LogP contribution in [0.1, 0.15) is 122 Å². The van der Waals surface area contributed by atoms with Gasteiger partial charge in [-0.1, -0.05) is 90.0 Å². The summed E-state index contributed by atoms with van der Waals surface area (Å²) >= 11 is 0. The van der Waals surface area contributed by atoms with Gasteiger partial charge in [0.05, 0.1) is 12.8 Å². The van der Waals surface area contributed by atoms with Crippen molar-refractivity contribution in [1.29, 1.82) is 0 Å². The Morgan fingerprint density at radius 1 is 0.630 bits per heavy atom. The summed E-state index contributed by atoms with van der Waals surface area (Å²) in [5, 5.41) is 0. The van der Waals surface area contributed by atoms with Gasteiger partial charge in [-0.2, -0.15) is 0 Å². The lowest BCUT2D eigenvalue weighted by atomic mass is 10.1. The van der Waals surface area contributed by atoms with E-state index < -0.39 is 11.9 Å². The number of allylic oxidation sites excluding steroid dienone is 1. The molecule has 0 unspecified atom stereocenters. The minimum Gasteiger partial charge on any atom is -0.247 e. The van der Waals surface area contributed by atoms with E-state index in [9.17, 15) is 9.59 Å². The van der Waals surface area contributed by atoms with Gasteiger partial charge in [0.15, 0.2) is 0 Å². The van der Waals surface area contributed by atoms with Crippen molar-refractivity contribution in [2.24, 2.45) is 0 Å². The van der Waals surface area contributed by atoms with Crippen molar-refractivity contribution in [2.45, 2.75) is 122 Å². The van der Waals surface area contributed by atoms with Gasteiger partial charge in [0.25, 0.3) is 0 Å². The summed E-state index contributed by atoms with van der Waals surface area (Å²) < 4.78 is 0. The van der Waals surface area contributed by atoms with Crippen molar-refractivity contribution in [3.63, 3.8) is 0 Å². The third-order valence-electron chi connectivity index (χ3n) is 4.75. The zero-order chi connectivity index (χ0) is 20.0. The van der Waals surface area contributed by atoms with Crippen LogP contribution in [0.25, 0.3) is 0 Å². The Morgan fingerprint density at radius 2 is 1.00 bits per heavy atom. The molecule has 4 heteroatoms. The van der Waals surface area contributed by atoms with E-state index in [1.54, 1.807) is 0 Å². The summed E-state index contributed by atoms with van der Waals surface area (Å²) in [6.45, 7) is 5.94. The van der Waals surface area contributed by atoms with Crippen molar-refractivity contribution in [3.8, 4) is 0 Å². The molecule has 0 spiro atoms. The molecule has 158 valence electrons. The molecule has 0 aromatic heterocycles. The Hall–Kier alpha value is -1.32. The number of unbranched alkanes of at least 4 members (excludes halogenated alkanes) is 14. The quantitative estimate of drug-likeness (QED) is 0.102. The molecule has 0 aliphatic heterocycles. The molecule has 0 aliphatic carbocycles. The molecule has 0 aliphatic rings. The molecule has 0 radical (unpaired) electrons. The van der Waals surface area contributed by atoms with E-state index in [1.165, 1.54) is 57.8 Å². The maximum Gasteiger partial charge on any atom is 0.355 e. The summed E-state index contributed by atoms with van der Waals surface area (Å²) in [5.41, 5.74) is 0. The lowest BCUT2D eigenvalue weighted by molar-refractivity contribution is -0.259. The van der Waals surface area contributed by atoms with Gasteiger partial charge in [-0.15, -0.1) is 6.58 Å². The summed E-state index contributed by atoms with van der Waals surface area (Å²) in [5.74, 6) is -0.879. The van der Waals surface area contributed by atoms with E-state index in [0.717, 1.165) is 44.9 Å². The first-order valence-electron chi connectivity index (χ1n) is 11.2. The second kappa shape index (κ2) is 21.0. The lowest BCUT2D eigenvalue weighted by Gasteiger charge is -2.04. The van der Waals surface area contributed by atoms with Crippen LogP contribution in [-0.2, 0) is 19.4 Å². The Labute approximate surface area is 167 Å². The standard InChI is InChI=1S/C23H42O4/c1-3-5-7-9-11-13-15-17-19-21-23(25)27-26-22(24)20-18-16-14-12-10-8-6-4-2/h4H,2-3,5-21H2,1H3. The number of carbonyl (C=O) groups is 2. The summed E-state index contributed by atoms with van der Waals surface area (Å²) in [6.07, 6.45) is 21.0. The first-order chi connectivity index (χ1) is 13.2. The number of hydrogen-bond donors (Lipinski definition) is 0. The second-order valence-electron chi connectivity index (χ2n) is 7.44. The molecule has 0 atom stereocenters. The van der Waals surface area contributed by atoms with Crippen molar-refractivity contribution in [1.82, 2.24) is 0 Å². The van der Waals surface area contributed by atoms with Crippen LogP contribution in [0.2, 0.25) is 0 Å². The normalized spacial score (nSPS) is 10.6. The van der Waals surface area contributed by atoms with Gasteiger partial charge in [0.1, 0.15) is 0 Å². The van der Waals surface area contributed by atoms with Crippen molar-refractivity contribution in [3.05, 3.63) is 12.7 Å². The fourth-order valence-electron chi connectivity index (χ4n) is 3.02. The van der Waals surface area contributed by atoms with E-state index >= 15 is 0 Å². The minimum absolute atomic E-state index is 0.317.